The topological polar surface area (TPSA) is 78.9 Å². The van der Waals surface area contributed by atoms with Crippen LogP contribution in [0.5, 0.6) is 0 Å². The maximum atomic E-state index is 11.7. The summed E-state index contributed by atoms with van der Waals surface area (Å²) < 4.78 is 5.41. The number of carboxylic acid groups (broad SMARTS) is 1. The molecule has 1 saturated heterocycles. The van der Waals surface area contributed by atoms with E-state index in [2.05, 4.69) is 5.32 Å². The van der Waals surface area contributed by atoms with Crippen molar-refractivity contribution < 1.29 is 19.4 Å². The molecule has 0 aromatic carbocycles. The fourth-order valence-corrected chi connectivity index (χ4v) is 2.20. The zero-order valence-electron chi connectivity index (χ0n) is 10.4. The second-order valence-corrected chi connectivity index (χ2v) is 4.97. The lowest BCUT2D eigenvalue weighted by atomic mass is 10.2. The molecular formula is C12H20N2O4. The first-order valence-corrected chi connectivity index (χ1v) is 6.49. The lowest BCUT2D eigenvalue weighted by molar-refractivity contribution is -0.139. The molecule has 6 heteroatoms. The van der Waals surface area contributed by atoms with E-state index in [0.717, 1.165) is 32.3 Å². The minimum absolute atomic E-state index is 0.0575. The molecule has 1 unspecified atom stereocenters. The molecular weight excluding hydrogens is 236 g/mol. The monoisotopic (exact) mass is 256 g/mol. The molecule has 102 valence electrons. The van der Waals surface area contributed by atoms with Crippen LogP contribution in [0.2, 0.25) is 0 Å². The largest absolute Gasteiger partial charge is 0.480 e. The first kappa shape index (κ1) is 13.3. The molecule has 2 aliphatic rings. The summed E-state index contributed by atoms with van der Waals surface area (Å²) in [7, 11) is 0. The molecule has 0 bridgehead atoms. The van der Waals surface area contributed by atoms with Gasteiger partial charge in [-0.15, -0.1) is 0 Å². The Morgan fingerprint density at radius 1 is 1.28 bits per heavy atom. The number of rotatable bonds is 7. The number of nitrogens with zero attached hydrogens (tertiary/aromatic N) is 1. The van der Waals surface area contributed by atoms with Gasteiger partial charge in [0.25, 0.3) is 0 Å². The number of ether oxygens (including phenoxy) is 1. The van der Waals surface area contributed by atoms with Gasteiger partial charge in [0.05, 0.1) is 19.2 Å². The van der Waals surface area contributed by atoms with Crippen LogP contribution in [-0.2, 0) is 14.3 Å². The van der Waals surface area contributed by atoms with Crippen LogP contribution in [0.3, 0.4) is 0 Å². The van der Waals surface area contributed by atoms with Gasteiger partial charge in [-0.05, 0) is 25.7 Å². The van der Waals surface area contributed by atoms with Crippen molar-refractivity contribution in [1.29, 1.82) is 0 Å². The van der Waals surface area contributed by atoms with Crippen molar-refractivity contribution in [3.8, 4) is 0 Å². The molecule has 2 rings (SSSR count). The van der Waals surface area contributed by atoms with E-state index in [1.807, 2.05) is 0 Å². The van der Waals surface area contributed by atoms with Crippen LogP contribution in [0, 0.1) is 0 Å². The van der Waals surface area contributed by atoms with E-state index in [1.54, 1.807) is 4.90 Å². The van der Waals surface area contributed by atoms with Gasteiger partial charge < -0.3 is 15.2 Å². The fraction of sp³-hybridized carbons (Fsp3) is 0.833. The zero-order valence-corrected chi connectivity index (χ0v) is 10.4. The Hall–Kier alpha value is -1.14. The normalized spacial score (nSPS) is 23.3. The second-order valence-electron chi connectivity index (χ2n) is 4.97. The summed E-state index contributed by atoms with van der Waals surface area (Å²) in [6, 6.07) is 0.273. The summed E-state index contributed by atoms with van der Waals surface area (Å²) in [6.07, 6.45) is 4.15. The van der Waals surface area contributed by atoms with Crippen LogP contribution in [0.25, 0.3) is 0 Å². The number of carboxylic acids is 1. The van der Waals surface area contributed by atoms with Crippen molar-refractivity contribution in [3.05, 3.63) is 0 Å². The number of hydrogen-bond donors (Lipinski definition) is 2. The maximum absolute atomic E-state index is 11.7. The standard InChI is InChI=1S/C12H20N2O4/c15-11(13-6-10-2-1-5-18-10)7-14(8-12(16)17)9-3-4-9/h9-10H,1-8H2,(H,13,15)(H,16,17). The first-order chi connectivity index (χ1) is 8.65. The highest BCUT2D eigenvalue weighted by Gasteiger charge is 2.31. The Balaban J connectivity index is 1.68. The lowest BCUT2D eigenvalue weighted by Crippen LogP contribution is -2.42. The Morgan fingerprint density at radius 2 is 2.06 bits per heavy atom. The number of nitrogens with one attached hydrogen (secondary N) is 1. The summed E-state index contributed by atoms with van der Waals surface area (Å²) in [5.74, 6) is -0.993. The van der Waals surface area contributed by atoms with E-state index in [0.29, 0.717) is 6.54 Å². The molecule has 1 atom stereocenters. The summed E-state index contributed by atoms with van der Waals surface area (Å²) in [6.45, 7) is 1.42. The first-order valence-electron chi connectivity index (χ1n) is 6.49. The highest BCUT2D eigenvalue weighted by molar-refractivity contribution is 5.79. The predicted octanol–water partition coefficient (Wildman–Crippen LogP) is -0.169. The van der Waals surface area contributed by atoms with Crippen molar-refractivity contribution in [1.82, 2.24) is 10.2 Å². The third-order valence-electron chi connectivity index (χ3n) is 3.30. The average molecular weight is 256 g/mol. The van der Waals surface area contributed by atoms with E-state index in [-0.39, 0.29) is 31.1 Å². The molecule has 2 fully saturated rings. The van der Waals surface area contributed by atoms with Crippen molar-refractivity contribution >= 4 is 11.9 Å². The zero-order chi connectivity index (χ0) is 13.0. The van der Waals surface area contributed by atoms with Gasteiger partial charge in [0, 0.05) is 19.2 Å². The van der Waals surface area contributed by atoms with Gasteiger partial charge in [-0.25, -0.2) is 0 Å². The molecule has 6 nitrogen and oxygen atoms in total. The Kier molecular flexibility index (Phi) is 4.54. The molecule has 0 aromatic rings. The predicted molar refractivity (Wildman–Crippen MR) is 64.2 cm³/mol. The van der Waals surface area contributed by atoms with Crippen molar-refractivity contribution in [2.45, 2.75) is 37.8 Å². The van der Waals surface area contributed by atoms with E-state index in [1.165, 1.54) is 0 Å². The van der Waals surface area contributed by atoms with Crippen LogP contribution in [0.1, 0.15) is 25.7 Å². The summed E-state index contributed by atoms with van der Waals surface area (Å²) in [4.78, 5) is 24.1. The number of hydrogen-bond acceptors (Lipinski definition) is 4. The van der Waals surface area contributed by atoms with Crippen LogP contribution in [0.15, 0.2) is 0 Å². The Labute approximate surface area is 106 Å². The molecule has 18 heavy (non-hydrogen) atoms. The highest BCUT2D eigenvalue weighted by atomic mass is 16.5. The number of carbonyl (C=O) groups is 2. The van der Waals surface area contributed by atoms with E-state index in [9.17, 15) is 9.59 Å². The van der Waals surface area contributed by atoms with Gasteiger partial charge >= 0.3 is 5.97 Å². The van der Waals surface area contributed by atoms with Crippen molar-refractivity contribution in [2.24, 2.45) is 0 Å². The molecule has 0 radical (unpaired) electrons. The molecule has 0 aromatic heterocycles. The third-order valence-corrected chi connectivity index (χ3v) is 3.30. The van der Waals surface area contributed by atoms with Gasteiger partial charge in [-0.2, -0.15) is 0 Å². The summed E-state index contributed by atoms with van der Waals surface area (Å²) in [5.41, 5.74) is 0. The van der Waals surface area contributed by atoms with Crippen molar-refractivity contribution in [3.63, 3.8) is 0 Å². The highest BCUT2D eigenvalue weighted by Crippen LogP contribution is 2.26. The summed E-state index contributed by atoms with van der Waals surface area (Å²) in [5, 5.41) is 11.6. The average Bonchev–Trinajstić information content (AvgIpc) is 3.02. The summed E-state index contributed by atoms with van der Waals surface area (Å²) >= 11 is 0. The van der Waals surface area contributed by atoms with Crippen LogP contribution < -0.4 is 5.32 Å². The number of carbonyl (C=O) groups excluding carboxylic acids is 1. The van der Waals surface area contributed by atoms with Gasteiger partial charge in [-0.3, -0.25) is 14.5 Å². The molecule has 0 spiro atoms. The molecule has 2 N–H and O–H groups in total. The molecule has 1 saturated carbocycles. The van der Waals surface area contributed by atoms with Gasteiger partial charge in [0.1, 0.15) is 0 Å². The maximum Gasteiger partial charge on any atom is 0.317 e. The number of amides is 1. The second kappa shape index (κ2) is 6.15. The van der Waals surface area contributed by atoms with Crippen LogP contribution in [-0.4, -0.2) is 60.3 Å². The van der Waals surface area contributed by atoms with Gasteiger partial charge in [0.2, 0.25) is 5.91 Å². The minimum atomic E-state index is -0.881. The van der Waals surface area contributed by atoms with Crippen LogP contribution in [0.4, 0.5) is 0 Å². The minimum Gasteiger partial charge on any atom is -0.480 e. The van der Waals surface area contributed by atoms with E-state index in [4.69, 9.17) is 9.84 Å². The number of aliphatic carboxylic acids is 1. The molecule has 1 heterocycles. The molecule has 1 aliphatic heterocycles. The molecule has 1 aliphatic carbocycles. The third kappa shape index (κ3) is 4.27. The smallest absolute Gasteiger partial charge is 0.317 e. The quantitative estimate of drug-likeness (QED) is 0.661. The molecule has 1 amide bonds. The van der Waals surface area contributed by atoms with Gasteiger partial charge in [-0.1, -0.05) is 0 Å². The Morgan fingerprint density at radius 3 is 2.61 bits per heavy atom. The van der Waals surface area contributed by atoms with Gasteiger partial charge in [0.15, 0.2) is 0 Å². The van der Waals surface area contributed by atoms with Crippen molar-refractivity contribution in [2.75, 3.05) is 26.2 Å². The SMILES string of the molecule is O=C(O)CN(CC(=O)NCC1CCCO1)C1CC1. The Bertz CT molecular complexity index is 311. The van der Waals surface area contributed by atoms with E-state index < -0.39 is 5.97 Å². The fourth-order valence-electron chi connectivity index (χ4n) is 2.20. The van der Waals surface area contributed by atoms with Crippen LogP contribution >= 0.6 is 0 Å². The van der Waals surface area contributed by atoms with E-state index >= 15 is 0 Å². The lowest BCUT2D eigenvalue weighted by Gasteiger charge is -2.19.